The minimum atomic E-state index is -0.540. The number of nitrogens with one attached hydrogen (secondary N) is 1. The number of aryl methyl sites for hydroxylation is 1. The van der Waals surface area contributed by atoms with Gasteiger partial charge in [0.2, 0.25) is 5.88 Å². The van der Waals surface area contributed by atoms with Crippen molar-refractivity contribution in [3.05, 3.63) is 29.7 Å². The third-order valence-corrected chi connectivity index (χ3v) is 7.83. The zero-order chi connectivity index (χ0) is 27.6. The summed E-state index contributed by atoms with van der Waals surface area (Å²) in [7, 11) is 0. The van der Waals surface area contributed by atoms with Crippen LogP contribution >= 0.6 is 0 Å². The molecule has 0 radical (unpaired) electrons. The summed E-state index contributed by atoms with van der Waals surface area (Å²) in [5.74, 6) is 1.46. The van der Waals surface area contributed by atoms with Crippen molar-refractivity contribution in [2.24, 2.45) is 11.8 Å². The molecule has 4 heterocycles. The summed E-state index contributed by atoms with van der Waals surface area (Å²) in [4.78, 5) is 37.4. The topological polar surface area (TPSA) is 117 Å². The highest BCUT2D eigenvalue weighted by Gasteiger charge is 2.50. The van der Waals surface area contributed by atoms with E-state index in [1.807, 2.05) is 32.9 Å². The van der Waals surface area contributed by atoms with Crippen molar-refractivity contribution in [1.29, 1.82) is 0 Å². The number of rotatable bonds is 7. The highest BCUT2D eigenvalue weighted by Crippen LogP contribution is 2.46. The van der Waals surface area contributed by atoms with Gasteiger partial charge in [-0.1, -0.05) is 6.92 Å². The first-order chi connectivity index (χ1) is 18.0. The summed E-state index contributed by atoms with van der Waals surface area (Å²) < 4.78 is 32.6. The number of aromatic nitrogens is 2. The third kappa shape index (κ3) is 6.66. The van der Waals surface area contributed by atoms with Gasteiger partial charge in [0.1, 0.15) is 11.4 Å². The van der Waals surface area contributed by atoms with Crippen molar-refractivity contribution in [2.75, 3.05) is 13.2 Å². The fourth-order valence-electron chi connectivity index (χ4n) is 5.34. The highest BCUT2D eigenvalue weighted by atomic mass is 19.1. The third-order valence-electron chi connectivity index (χ3n) is 7.83. The second kappa shape index (κ2) is 10.9. The maximum Gasteiger partial charge on any atom is 0.408 e. The molecule has 1 amide bonds. The molecule has 2 saturated carbocycles. The number of pyridine rings is 2. The molecule has 2 bridgehead atoms. The van der Waals surface area contributed by atoms with Gasteiger partial charge in [-0.05, 0) is 83.6 Å². The number of halogens is 1. The average Bonchev–Trinajstić information content (AvgIpc) is 3.57. The van der Waals surface area contributed by atoms with Crippen molar-refractivity contribution in [3.8, 4) is 5.88 Å². The molecule has 0 aromatic carbocycles. The van der Waals surface area contributed by atoms with Gasteiger partial charge in [-0.25, -0.2) is 14.2 Å². The molecule has 9 nitrogen and oxygen atoms in total. The molecule has 2 aromatic heterocycles. The Morgan fingerprint density at radius 2 is 1.92 bits per heavy atom. The van der Waals surface area contributed by atoms with Crippen LogP contribution < -0.4 is 10.1 Å². The molecule has 2 atom stereocenters. The Hall–Kier alpha value is -3.10. The smallest absolute Gasteiger partial charge is 0.408 e. The van der Waals surface area contributed by atoms with Gasteiger partial charge >= 0.3 is 12.2 Å². The van der Waals surface area contributed by atoms with Gasteiger partial charge in [-0.2, -0.15) is 9.59 Å². The summed E-state index contributed by atoms with van der Waals surface area (Å²) in [5.41, 5.74) is 0.560. The second-order valence-corrected chi connectivity index (χ2v) is 11.8. The predicted octanol–water partition coefficient (Wildman–Crippen LogP) is 4.76. The van der Waals surface area contributed by atoms with Crippen LogP contribution in [0.1, 0.15) is 71.8 Å². The molecular weight excluding hydrogens is 493 g/mol. The SMILES string of the molecule is C[C@@H]1C[C@@H]1COc1ccc2ncc(F)c(CCC34CCC(NC(=O)OC(C)(C)C)(CC3)CO4)c2n1.O=C=O. The van der Waals surface area contributed by atoms with Crippen LogP contribution in [-0.2, 0) is 25.5 Å². The molecule has 6 rings (SSSR count). The first-order valence-corrected chi connectivity index (χ1v) is 13.2. The summed E-state index contributed by atoms with van der Waals surface area (Å²) >= 11 is 0. The molecular formula is C28H36FN3O6. The van der Waals surface area contributed by atoms with Gasteiger partial charge in [0.15, 0.2) is 0 Å². The summed E-state index contributed by atoms with van der Waals surface area (Å²) in [6.45, 7) is 8.87. The van der Waals surface area contributed by atoms with Crippen LogP contribution in [0, 0.1) is 17.7 Å². The first kappa shape index (κ1) is 27.9. The molecule has 1 N–H and O–H groups in total. The lowest BCUT2D eigenvalue weighted by Crippen LogP contribution is -2.63. The fourth-order valence-corrected chi connectivity index (χ4v) is 5.34. The van der Waals surface area contributed by atoms with E-state index in [-0.39, 0.29) is 23.1 Å². The Kier molecular flexibility index (Phi) is 8.04. The van der Waals surface area contributed by atoms with Gasteiger partial charge in [-0.3, -0.25) is 4.98 Å². The molecule has 2 aliphatic carbocycles. The molecule has 206 valence electrons. The molecule has 10 heteroatoms. The van der Waals surface area contributed by atoms with Crippen LogP contribution in [0.4, 0.5) is 9.18 Å². The van der Waals surface area contributed by atoms with E-state index in [0.29, 0.717) is 60.4 Å². The van der Waals surface area contributed by atoms with Gasteiger partial charge in [0.05, 0.1) is 41.6 Å². The minimum absolute atomic E-state index is 0.250. The number of ether oxygens (including phenoxy) is 3. The maximum absolute atomic E-state index is 14.9. The number of nitrogens with zero attached hydrogens (tertiary/aromatic N) is 2. The van der Waals surface area contributed by atoms with Crippen LogP contribution in [0.2, 0.25) is 0 Å². The van der Waals surface area contributed by atoms with E-state index in [9.17, 15) is 9.18 Å². The summed E-state index contributed by atoms with van der Waals surface area (Å²) in [6, 6.07) is 3.66. The van der Waals surface area contributed by atoms with Crippen LogP contribution in [-0.4, -0.2) is 52.2 Å². The Morgan fingerprint density at radius 1 is 1.24 bits per heavy atom. The number of alkyl carbamates (subject to hydrolysis) is 1. The second-order valence-electron chi connectivity index (χ2n) is 11.8. The van der Waals surface area contributed by atoms with E-state index in [2.05, 4.69) is 22.2 Å². The van der Waals surface area contributed by atoms with Crippen molar-refractivity contribution < 1.29 is 33.0 Å². The summed E-state index contributed by atoms with van der Waals surface area (Å²) in [6.07, 6.45) is 6.78. The largest absolute Gasteiger partial charge is 0.477 e. The van der Waals surface area contributed by atoms with Gasteiger partial charge in [0, 0.05) is 11.6 Å². The van der Waals surface area contributed by atoms with Gasteiger partial charge in [-0.15, -0.1) is 0 Å². The van der Waals surface area contributed by atoms with Crippen LogP contribution in [0.3, 0.4) is 0 Å². The molecule has 0 spiro atoms. The van der Waals surface area contributed by atoms with Crippen LogP contribution in [0.15, 0.2) is 18.3 Å². The highest BCUT2D eigenvalue weighted by molar-refractivity contribution is 5.78. The number of carbonyl (C=O) groups is 1. The lowest BCUT2D eigenvalue weighted by molar-refractivity contribution is -0.191. The lowest BCUT2D eigenvalue weighted by Gasteiger charge is -2.53. The van der Waals surface area contributed by atoms with E-state index >= 15 is 0 Å². The first-order valence-electron chi connectivity index (χ1n) is 13.2. The van der Waals surface area contributed by atoms with Crippen molar-refractivity contribution in [2.45, 2.75) is 89.4 Å². The van der Waals surface area contributed by atoms with Crippen LogP contribution in [0.25, 0.3) is 11.0 Å². The van der Waals surface area contributed by atoms with Crippen molar-refractivity contribution in [3.63, 3.8) is 0 Å². The molecule has 0 unspecified atom stereocenters. The van der Waals surface area contributed by atoms with Crippen molar-refractivity contribution >= 4 is 23.3 Å². The molecule has 2 saturated heterocycles. The van der Waals surface area contributed by atoms with E-state index in [1.54, 1.807) is 0 Å². The minimum Gasteiger partial charge on any atom is -0.477 e. The maximum atomic E-state index is 14.9. The van der Waals surface area contributed by atoms with Crippen molar-refractivity contribution in [1.82, 2.24) is 15.3 Å². The Labute approximate surface area is 221 Å². The normalized spacial score (nSPS) is 27.6. The Balaban J connectivity index is 0.00000107. The number of carbonyl (C=O) groups excluding carboxylic acids is 3. The average molecular weight is 530 g/mol. The zero-order valence-corrected chi connectivity index (χ0v) is 22.5. The number of amides is 1. The monoisotopic (exact) mass is 529 g/mol. The van der Waals surface area contributed by atoms with Gasteiger partial charge in [0.25, 0.3) is 0 Å². The molecule has 4 aliphatic rings. The van der Waals surface area contributed by atoms with E-state index in [1.165, 1.54) is 12.6 Å². The van der Waals surface area contributed by atoms with Crippen LogP contribution in [0.5, 0.6) is 5.88 Å². The number of hydrogen-bond donors (Lipinski definition) is 1. The molecule has 4 fully saturated rings. The predicted molar refractivity (Wildman–Crippen MR) is 135 cm³/mol. The number of hydrogen-bond acceptors (Lipinski definition) is 8. The Bertz CT molecular complexity index is 1180. The van der Waals surface area contributed by atoms with E-state index < -0.39 is 11.7 Å². The zero-order valence-electron chi connectivity index (χ0n) is 22.5. The van der Waals surface area contributed by atoms with E-state index in [4.69, 9.17) is 23.8 Å². The lowest BCUT2D eigenvalue weighted by atomic mass is 9.69. The quantitative estimate of drug-likeness (QED) is 0.546. The van der Waals surface area contributed by atoms with E-state index in [0.717, 1.165) is 25.7 Å². The molecule has 38 heavy (non-hydrogen) atoms. The standard InChI is InChI=1S/C27H36FN3O4.CO2/c1-17-13-18(17)15-33-22-6-5-21-23(30-22)19(20(28)14-29-21)7-8-27-11-9-26(10-12-27,16-34-27)31-24(32)35-25(2,3)4;2-1-3/h5-6,14,17-18H,7-13,15-16H2,1-4H3,(H,31,32);/t17-,18-,26?,27?;/m1./s1. The summed E-state index contributed by atoms with van der Waals surface area (Å²) in [5, 5.41) is 3.06. The van der Waals surface area contributed by atoms with Gasteiger partial charge < -0.3 is 19.5 Å². The number of fused-ring (bicyclic) bond motifs is 4. The Morgan fingerprint density at radius 3 is 2.50 bits per heavy atom. The fraction of sp³-hybridized carbons (Fsp3) is 0.643. The molecule has 2 aromatic rings. The molecule has 2 aliphatic heterocycles.